The molecule has 0 radical (unpaired) electrons. The van der Waals surface area contributed by atoms with Gasteiger partial charge in [-0.25, -0.2) is 0 Å². The number of nitrogens with zero attached hydrogens (tertiary/aromatic N) is 1. The lowest BCUT2D eigenvalue weighted by Crippen LogP contribution is -2.49. The zero-order valence-corrected chi connectivity index (χ0v) is 12.6. The molecule has 2 heteroatoms. The second-order valence-electron chi connectivity index (χ2n) is 6.56. The van der Waals surface area contributed by atoms with E-state index in [4.69, 9.17) is 0 Å². The average Bonchev–Trinajstić information content (AvgIpc) is 2.50. The Bertz CT molecular complexity index is 384. The smallest absolute Gasteiger partial charge is 0.0234 e. The number of hydrogen-bond acceptors (Lipinski definition) is 2. The fraction of sp³-hybridized carbons (Fsp3) is 0.667. The van der Waals surface area contributed by atoms with E-state index >= 15 is 0 Å². The zero-order chi connectivity index (χ0) is 13.6. The van der Waals surface area contributed by atoms with Crippen LogP contribution in [0.4, 0.5) is 0 Å². The van der Waals surface area contributed by atoms with Crippen LogP contribution in [-0.4, -0.2) is 30.1 Å². The third-order valence-electron chi connectivity index (χ3n) is 4.83. The Morgan fingerprint density at radius 3 is 2.45 bits per heavy atom. The summed E-state index contributed by atoms with van der Waals surface area (Å²) in [6, 6.07) is 12.4. The fourth-order valence-corrected chi connectivity index (χ4v) is 3.78. The lowest BCUT2D eigenvalue weighted by molar-refractivity contribution is 0.169. The fourth-order valence-electron chi connectivity index (χ4n) is 3.78. The van der Waals surface area contributed by atoms with E-state index in [1.165, 1.54) is 63.6 Å². The topological polar surface area (TPSA) is 15.3 Å². The molecule has 1 saturated heterocycles. The number of rotatable bonds is 4. The van der Waals surface area contributed by atoms with Gasteiger partial charge in [0.2, 0.25) is 0 Å². The highest BCUT2D eigenvalue weighted by Gasteiger charge is 2.23. The van der Waals surface area contributed by atoms with Crippen molar-refractivity contribution in [3.8, 4) is 0 Å². The minimum absolute atomic E-state index is 0.718. The molecule has 2 fully saturated rings. The molecule has 1 aliphatic carbocycles. The van der Waals surface area contributed by atoms with E-state index in [0.717, 1.165) is 18.6 Å². The van der Waals surface area contributed by atoms with Gasteiger partial charge in [0.05, 0.1) is 0 Å². The first kappa shape index (κ1) is 14.1. The number of hydrogen-bond donors (Lipinski definition) is 1. The Morgan fingerprint density at radius 2 is 1.65 bits per heavy atom. The van der Waals surface area contributed by atoms with E-state index in [9.17, 15) is 0 Å². The van der Waals surface area contributed by atoms with Gasteiger partial charge in [0, 0.05) is 25.2 Å². The Hall–Kier alpha value is -0.860. The first-order valence-corrected chi connectivity index (χ1v) is 8.42. The van der Waals surface area contributed by atoms with Gasteiger partial charge in [-0.2, -0.15) is 0 Å². The lowest BCUT2D eigenvalue weighted by atomic mass is 9.93. The van der Waals surface area contributed by atoms with E-state index in [-0.39, 0.29) is 0 Å². The molecular formula is C18H28N2. The Labute approximate surface area is 123 Å². The number of likely N-dealkylation sites (tertiary alicyclic amines) is 1. The van der Waals surface area contributed by atoms with Gasteiger partial charge >= 0.3 is 0 Å². The quantitative estimate of drug-likeness (QED) is 0.901. The summed E-state index contributed by atoms with van der Waals surface area (Å²) in [5, 5.41) is 3.93. The highest BCUT2D eigenvalue weighted by molar-refractivity contribution is 5.14. The highest BCUT2D eigenvalue weighted by Crippen LogP contribution is 2.20. The normalized spacial score (nSPS) is 25.7. The largest absolute Gasteiger partial charge is 0.310 e. The van der Waals surface area contributed by atoms with Gasteiger partial charge in [-0.1, -0.05) is 49.6 Å². The molecule has 1 saturated carbocycles. The zero-order valence-electron chi connectivity index (χ0n) is 12.6. The van der Waals surface area contributed by atoms with Crippen LogP contribution in [-0.2, 0) is 6.54 Å². The molecule has 3 rings (SSSR count). The van der Waals surface area contributed by atoms with Gasteiger partial charge in [-0.05, 0) is 37.8 Å². The Balaban J connectivity index is 1.48. The van der Waals surface area contributed by atoms with E-state index in [0.29, 0.717) is 0 Å². The first-order valence-electron chi connectivity index (χ1n) is 8.42. The van der Waals surface area contributed by atoms with Crippen LogP contribution in [0.2, 0.25) is 0 Å². The molecule has 20 heavy (non-hydrogen) atoms. The van der Waals surface area contributed by atoms with Crippen molar-refractivity contribution in [1.82, 2.24) is 10.2 Å². The van der Waals surface area contributed by atoms with Crippen molar-refractivity contribution in [3.63, 3.8) is 0 Å². The Kier molecular flexibility index (Phi) is 5.10. The summed E-state index contributed by atoms with van der Waals surface area (Å²) in [5.74, 6) is 0. The van der Waals surface area contributed by atoms with Crippen molar-refractivity contribution < 1.29 is 0 Å². The second-order valence-corrected chi connectivity index (χ2v) is 6.56. The molecule has 1 aliphatic heterocycles. The number of nitrogens with one attached hydrogen (secondary N) is 1. The Morgan fingerprint density at radius 1 is 0.900 bits per heavy atom. The molecule has 2 nitrogen and oxygen atoms in total. The van der Waals surface area contributed by atoms with Crippen molar-refractivity contribution >= 4 is 0 Å². The first-order chi connectivity index (χ1) is 9.90. The van der Waals surface area contributed by atoms with Gasteiger partial charge in [0.1, 0.15) is 0 Å². The maximum Gasteiger partial charge on any atom is 0.0234 e. The van der Waals surface area contributed by atoms with Crippen LogP contribution in [0.5, 0.6) is 0 Å². The number of benzene rings is 1. The summed E-state index contributed by atoms with van der Waals surface area (Å²) >= 11 is 0. The molecule has 1 aromatic carbocycles. The van der Waals surface area contributed by atoms with E-state index < -0.39 is 0 Å². The SMILES string of the molecule is c1ccc(CN2CCCC(NC3CCCCC3)C2)cc1. The predicted octanol–water partition coefficient (Wildman–Crippen LogP) is 3.57. The van der Waals surface area contributed by atoms with Crippen molar-refractivity contribution in [1.29, 1.82) is 0 Å². The van der Waals surface area contributed by atoms with Crippen molar-refractivity contribution in [2.75, 3.05) is 13.1 Å². The van der Waals surface area contributed by atoms with Crippen molar-refractivity contribution in [2.24, 2.45) is 0 Å². The molecule has 2 aliphatic rings. The molecule has 1 atom stereocenters. The summed E-state index contributed by atoms with van der Waals surface area (Å²) in [5.41, 5.74) is 1.45. The summed E-state index contributed by atoms with van der Waals surface area (Å²) in [6.07, 6.45) is 9.81. The molecule has 1 unspecified atom stereocenters. The lowest BCUT2D eigenvalue weighted by Gasteiger charge is -2.36. The van der Waals surface area contributed by atoms with Crippen LogP contribution in [0, 0.1) is 0 Å². The maximum absolute atomic E-state index is 3.93. The molecule has 1 N–H and O–H groups in total. The van der Waals surface area contributed by atoms with Gasteiger partial charge in [-0.15, -0.1) is 0 Å². The van der Waals surface area contributed by atoms with Crippen molar-refractivity contribution in [2.45, 2.75) is 63.6 Å². The highest BCUT2D eigenvalue weighted by atomic mass is 15.2. The van der Waals surface area contributed by atoms with E-state index in [2.05, 4.69) is 40.5 Å². The van der Waals surface area contributed by atoms with Crippen LogP contribution < -0.4 is 5.32 Å². The minimum Gasteiger partial charge on any atom is -0.310 e. The van der Waals surface area contributed by atoms with Gasteiger partial charge in [0.15, 0.2) is 0 Å². The third-order valence-corrected chi connectivity index (χ3v) is 4.83. The van der Waals surface area contributed by atoms with Crippen molar-refractivity contribution in [3.05, 3.63) is 35.9 Å². The monoisotopic (exact) mass is 272 g/mol. The summed E-state index contributed by atoms with van der Waals surface area (Å²) < 4.78 is 0. The van der Waals surface area contributed by atoms with Crippen LogP contribution >= 0.6 is 0 Å². The number of piperidine rings is 1. The van der Waals surface area contributed by atoms with Crippen LogP contribution in [0.15, 0.2) is 30.3 Å². The molecule has 1 heterocycles. The van der Waals surface area contributed by atoms with Crippen LogP contribution in [0.3, 0.4) is 0 Å². The molecule has 0 aromatic heterocycles. The predicted molar refractivity (Wildman–Crippen MR) is 84.7 cm³/mol. The molecule has 110 valence electrons. The van der Waals surface area contributed by atoms with Gasteiger partial charge in [0.25, 0.3) is 0 Å². The van der Waals surface area contributed by atoms with E-state index in [1.54, 1.807) is 0 Å². The average molecular weight is 272 g/mol. The summed E-state index contributed by atoms with van der Waals surface area (Å²) in [6.45, 7) is 3.60. The van der Waals surface area contributed by atoms with Crippen LogP contribution in [0.25, 0.3) is 0 Å². The second kappa shape index (κ2) is 7.24. The van der Waals surface area contributed by atoms with Crippen LogP contribution in [0.1, 0.15) is 50.5 Å². The molecule has 0 spiro atoms. The van der Waals surface area contributed by atoms with Gasteiger partial charge < -0.3 is 5.32 Å². The van der Waals surface area contributed by atoms with Gasteiger partial charge in [-0.3, -0.25) is 4.90 Å². The molecule has 0 amide bonds. The standard InChI is InChI=1S/C18H28N2/c1-3-8-16(9-4-1)14-20-13-7-12-18(15-20)19-17-10-5-2-6-11-17/h1,3-4,8-9,17-19H,2,5-7,10-15H2. The third kappa shape index (κ3) is 4.07. The maximum atomic E-state index is 3.93. The molecule has 0 bridgehead atoms. The summed E-state index contributed by atoms with van der Waals surface area (Å²) in [7, 11) is 0. The molecular weight excluding hydrogens is 244 g/mol. The minimum atomic E-state index is 0.718. The van der Waals surface area contributed by atoms with E-state index in [1.807, 2.05) is 0 Å². The molecule has 1 aromatic rings. The summed E-state index contributed by atoms with van der Waals surface area (Å²) in [4.78, 5) is 2.62.